The molecular formula is C14H22FNS. The molecule has 1 aromatic rings. The lowest BCUT2D eigenvalue weighted by molar-refractivity contribution is 0.499. The van der Waals surface area contributed by atoms with Gasteiger partial charge in [-0.25, -0.2) is 4.39 Å². The van der Waals surface area contributed by atoms with Crippen LogP contribution in [0.2, 0.25) is 0 Å². The van der Waals surface area contributed by atoms with E-state index in [9.17, 15) is 4.39 Å². The van der Waals surface area contributed by atoms with Gasteiger partial charge in [-0.3, -0.25) is 0 Å². The van der Waals surface area contributed by atoms with E-state index in [0.717, 1.165) is 16.6 Å². The number of nitrogens with two attached hydrogens (primary N) is 1. The molecule has 1 atom stereocenters. The molecule has 0 aliphatic carbocycles. The maximum Gasteiger partial charge on any atom is 0.125 e. The molecule has 0 aromatic heterocycles. The maximum absolute atomic E-state index is 12.9. The Morgan fingerprint density at radius 2 is 2.12 bits per heavy atom. The van der Waals surface area contributed by atoms with Crippen LogP contribution in [0.1, 0.15) is 39.5 Å². The summed E-state index contributed by atoms with van der Waals surface area (Å²) in [6, 6.07) is 4.66. The molecule has 0 radical (unpaired) electrons. The molecular weight excluding hydrogens is 233 g/mol. The van der Waals surface area contributed by atoms with Gasteiger partial charge in [-0.2, -0.15) is 0 Å². The Morgan fingerprint density at radius 1 is 1.35 bits per heavy atom. The highest BCUT2D eigenvalue weighted by Gasteiger charge is 2.08. The van der Waals surface area contributed by atoms with E-state index in [4.69, 9.17) is 5.73 Å². The zero-order valence-electron chi connectivity index (χ0n) is 10.7. The average molecular weight is 255 g/mol. The SMILES string of the molecule is CCCCC(CC)CSc1ccc(F)cc1N. The number of hydrogen-bond acceptors (Lipinski definition) is 2. The molecule has 17 heavy (non-hydrogen) atoms. The van der Waals surface area contributed by atoms with Gasteiger partial charge < -0.3 is 5.73 Å². The highest BCUT2D eigenvalue weighted by molar-refractivity contribution is 7.99. The molecule has 0 amide bonds. The van der Waals surface area contributed by atoms with Crippen LogP contribution in [0.15, 0.2) is 23.1 Å². The molecule has 0 saturated carbocycles. The van der Waals surface area contributed by atoms with Gasteiger partial charge in [0.05, 0.1) is 0 Å². The summed E-state index contributed by atoms with van der Waals surface area (Å²) >= 11 is 1.75. The fourth-order valence-corrected chi connectivity index (χ4v) is 2.96. The molecule has 2 N–H and O–H groups in total. The van der Waals surface area contributed by atoms with Gasteiger partial charge in [0.15, 0.2) is 0 Å². The predicted molar refractivity (Wildman–Crippen MR) is 74.8 cm³/mol. The molecule has 96 valence electrons. The summed E-state index contributed by atoms with van der Waals surface area (Å²) in [6.45, 7) is 4.45. The minimum absolute atomic E-state index is 0.259. The van der Waals surface area contributed by atoms with Crippen molar-refractivity contribution in [3.8, 4) is 0 Å². The zero-order valence-corrected chi connectivity index (χ0v) is 11.5. The average Bonchev–Trinajstić information content (AvgIpc) is 2.31. The van der Waals surface area contributed by atoms with Crippen LogP contribution in [0.4, 0.5) is 10.1 Å². The summed E-state index contributed by atoms with van der Waals surface area (Å²) in [5, 5.41) is 0. The fraction of sp³-hybridized carbons (Fsp3) is 0.571. The van der Waals surface area contributed by atoms with Crippen LogP contribution >= 0.6 is 11.8 Å². The summed E-state index contributed by atoms with van der Waals surface area (Å²) in [5.74, 6) is 1.56. The second-order valence-corrected chi connectivity index (χ2v) is 5.47. The third kappa shape index (κ3) is 4.99. The molecule has 0 bridgehead atoms. The van der Waals surface area contributed by atoms with Crippen molar-refractivity contribution in [1.82, 2.24) is 0 Å². The van der Waals surface area contributed by atoms with Crippen molar-refractivity contribution in [2.24, 2.45) is 5.92 Å². The van der Waals surface area contributed by atoms with Crippen molar-refractivity contribution in [3.63, 3.8) is 0 Å². The second kappa shape index (κ2) is 7.59. The molecule has 0 heterocycles. The van der Waals surface area contributed by atoms with Crippen LogP contribution in [-0.4, -0.2) is 5.75 Å². The Labute approximate surface area is 108 Å². The van der Waals surface area contributed by atoms with Crippen molar-refractivity contribution in [2.75, 3.05) is 11.5 Å². The highest BCUT2D eigenvalue weighted by Crippen LogP contribution is 2.29. The van der Waals surface area contributed by atoms with Crippen LogP contribution < -0.4 is 5.73 Å². The van der Waals surface area contributed by atoms with Crippen molar-refractivity contribution in [1.29, 1.82) is 0 Å². The number of halogens is 1. The number of unbranched alkanes of at least 4 members (excludes halogenated alkanes) is 1. The largest absolute Gasteiger partial charge is 0.398 e. The third-order valence-electron chi connectivity index (χ3n) is 2.99. The van der Waals surface area contributed by atoms with Gasteiger partial charge in [-0.15, -0.1) is 11.8 Å². The smallest absolute Gasteiger partial charge is 0.125 e. The van der Waals surface area contributed by atoms with Crippen LogP contribution in [0.5, 0.6) is 0 Å². The molecule has 0 aliphatic heterocycles. The minimum Gasteiger partial charge on any atom is -0.398 e. The molecule has 1 aromatic carbocycles. The van der Waals surface area contributed by atoms with Gasteiger partial charge in [0.2, 0.25) is 0 Å². The molecule has 0 fully saturated rings. The Kier molecular flexibility index (Phi) is 6.41. The van der Waals surface area contributed by atoms with E-state index in [1.54, 1.807) is 17.8 Å². The summed E-state index contributed by atoms with van der Waals surface area (Å²) in [4.78, 5) is 1.00. The van der Waals surface area contributed by atoms with Gasteiger partial charge in [-0.1, -0.05) is 33.1 Å². The van der Waals surface area contributed by atoms with Gasteiger partial charge in [0.1, 0.15) is 5.82 Å². The Morgan fingerprint density at radius 3 is 2.71 bits per heavy atom. The highest BCUT2D eigenvalue weighted by atomic mass is 32.2. The molecule has 0 spiro atoms. The summed E-state index contributed by atoms with van der Waals surface area (Å²) in [6.07, 6.45) is 5.02. The first kappa shape index (κ1) is 14.4. The van der Waals surface area contributed by atoms with Crippen LogP contribution in [0.25, 0.3) is 0 Å². The van der Waals surface area contributed by atoms with Crippen molar-refractivity contribution >= 4 is 17.4 Å². The normalized spacial score (nSPS) is 12.6. The van der Waals surface area contributed by atoms with E-state index < -0.39 is 0 Å². The number of hydrogen-bond donors (Lipinski definition) is 1. The van der Waals surface area contributed by atoms with Crippen LogP contribution in [-0.2, 0) is 0 Å². The van der Waals surface area contributed by atoms with E-state index in [2.05, 4.69) is 13.8 Å². The van der Waals surface area contributed by atoms with E-state index >= 15 is 0 Å². The Balaban J connectivity index is 2.47. The van der Waals surface area contributed by atoms with E-state index in [-0.39, 0.29) is 5.82 Å². The number of anilines is 1. The van der Waals surface area contributed by atoms with E-state index in [0.29, 0.717) is 5.69 Å². The first-order valence-electron chi connectivity index (χ1n) is 6.35. The minimum atomic E-state index is -0.259. The molecule has 1 unspecified atom stereocenters. The zero-order chi connectivity index (χ0) is 12.7. The molecule has 0 aliphatic rings. The van der Waals surface area contributed by atoms with Gasteiger partial charge >= 0.3 is 0 Å². The van der Waals surface area contributed by atoms with Crippen LogP contribution in [0.3, 0.4) is 0 Å². The lowest BCUT2D eigenvalue weighted by atomic mass is 10.0. The van der Waals surface area contributed by atoms with Crippen molar-refractivity contribution in [3.05, 3.63) is 24.0 Å². The lowest BCUT2D eigenvalue weighted by Crippen LogP contribution is -2.02. The number of rotatable bonds is 7. The summed E-state index contributed by atoms with van der Waals surface area (Å²) in [7, 11) is 0. The monoisotopic (exact) mass is 255 g/mol. The second-order valence-electron chi connectivity index (χ2n) is 4.41. The maximum atomic E-state index is 12.9. The standard InChI is InChI=1S/C14H22FNS/c1-3-5-6-11(4-2)10-17-14-8-7-12(15)9-13(14)16/h7-9,11H,3-6,10,16H2,1-2H3. The van der Waals surface area contributed by atoms with E-state index in [1.165, 1.54) is 37.8 Å². The van der Waals surface area contributed by atoms with Crippen LogP contribution in [0, 0.1) is 11.7 Å². The predicted octanol–water partition coefficient (Wildman–Crippen LogP) is 4.72. The van der Waals surface area contributed by atoms with Gasteiger partial charge in [0.25, 0.3) is 0 Å². The lowest BCUT2D eigenvalue weighted by Gasteiger charge is -2.14. The quantitative estimate of drug-likeness (QED) is 0.563. The van der Waals surface area contributed by atoms with E-state index in [1.807, 2.05) is 0 Å². The molecule has 1 rings (SSSR count). The number of nitrogen functional groups attached to an aromatic ring is 1. The molecule has 3 heteroatoms. The van der Waals surface area contributed by atoms with Gasteiger partial charge in [-0.05, 0) is 30.5 Å². The first-order chi connectivity index (χ1) is 8.17. The Bertz CT molecular complexity index is 341. The van der Waals surface area contributed by atoms with Gasteiger partial charge in [0, 0.05) is 16.3 Å². The summed E-state index contributed by atoms with van der Waals surface area (Å²) < 4.78 is 12.9. The van der Waals surface area contributed by atoms with Crippen molar-refractivity contribution in [2.45, 2.75) is 44.4 Å². The third-order valence-corrected chi connectivity index (χ3v) is 4.31. The first-order valence-corrected chi connectivity index (χ1v) is 7.33. The topological polar surface area (TPSA) is 26.0 Å². The Hall–Kier alpha value is -0.700. The number of thioether (sulfide) groups is 1. The molecule has 1 nitrogen and oxygen atoms in total. The number of benzene rings is 1. The van der Waals surface area contributed by atoms with Crippen molar-refractivity contribution < 1.29 is 4.39 Å². The summed E-state index contributed by atoms with van der Waals surface area (Å²) in [5.41, 5.74) is 6.34. The fourth-order valence-electron chi connectivity index (χ4n) is 1.76. The molecule has 0 saturated heterocycles.